The van der Waals surface area contributed by atoms with Gasteiger partial charge in [-0.15, -0.1) is 11.3 Å². The van der Waals surface area contributed by atoms with Gasteiger partial charge in [-0.3, -0.25) is 9.80 Å². The van der Waals surface area contributed by atoms with Gasteiger partial charge in [0.15, 0.2) is 0 Å². The number of likely N-dealkylation sites (tertiary alicyclic amines) is 1. The second-order valence-electron chi connectivity index (χ2n) is 7.17. The van der Waals surface area contributed by atoms with E-state index in [4.69, 9.17) is 9.15 Å². The molecule has 0 aliphatic carbocycles. The van der Waals surface area contributed by atoms with E-state index >= 15 is 0 Å². The zero-order valence-corrected chi connectivity index (χ0v) is 15.1. The third kappa shape index (κ3) is 3.75. The summed E-state index contributed by atoms with van der Waals surface area (Å²) in [6.45, 7) is 6.24. The molecule has 0 unspecified atom stereocenters. The Morgan fingerprint density at radius 1 is 1.33 bits per heavy atom. The first kappa shape index (κ1) is 16.3. The Morgan fingerprint density at radius 2 is 2.29 bits per heavy atom. The van der Waals surface area contributed by atoms with Crippen molar-refractivity contribution < 1.29 is 9.15 Å². The van der Waals surface area contributed by atoms with Gasteiger partial charge in [-0.05, 0) is 49.5 Å². The predicted octanol–water partition coefficient (Wildman–Crippen LogP) is 3.31. The van der Waals surface area contributed by atoms with E-state index in [0.717, 1.165) is 37.9 Å². The van der Waals surface area contributed by atoms with Gasteiger partial charge in [0.05, 0.1) is 25.5 Å². The highest BCUT2D eigenvalue weighted by atomic mass is 32.1. The molecule has 3 atom stereocenters. The van der Waals surface area contributed by atoms with E-state index in [1.807, 2.05) is 23.5 Å². The first-order chi connectivity index (χ1) is 11.8. The first-order valence-electron chi connectivity index (χ1n) is 8.85. The van der Waals surface area contributed by atoms with E-state index in [0.29, 0.717) is 12.0 Å². The van der Waals surface area contributed by atoms with Gasteiger partial charge in [-0.25, -0.2) is 0 Å². The lowest BCUT2D eigenvalue weighted by Crippen LogP contribution is -2.44. The highest BCUT2D eigenvalue weighted by Gasteiger charge is 2.41. The molecule has 2 aromatic heterocycles. The number of ether oxygens (including phenoxy) is 1. The summed E-state index contributed by atoms with van der Waals surface area (Å²) in [7, 11) is 2.16. The van der Waals surface area contributed by atoms with Gasteiger partial charge in [0.2, 0.25) is 0 Å². The Morgan fingerprint density at radius 3 is 3.08 bits per heavy atom. The van der Waals surface area contributed by atoms with Crippen molar-refractivity contribution in [2.75, 3.05) is 33.3 Å². The minimum atomic E-state index is 0.348. The van der Waals surface area contributed by atoms with Crippen LogP contribution in [0.5, 0.6) is 0 Å². The molecule has 4 nitrogen and oxygen atoms in total. The highest BCUT2D eigenvalue weighted by molar-refractivity contribution is 7.09. The molecule has 2 aliphatic heterocycles. The second kappa shape index (κ2) is 7.40. The number of nitrogens with zero attached hydrogens (tertiary/aromatic N) is 2. The van der Waals surface area contributed by atoms with Crippen LogP contribution in [0.15, 0.2) is 40.3 Å². The molecular formula is C19H26N2O2S. The molecular weight excluding hydrogens is 320 g/mol. The van der Waals surface area contributed by atoms with Crippen LogP contribution in [0.25, 0.3) is 0 Å². The van der Waals surface area contributed by atoms with Crippen LogP contribution in [0, 0.1) is 11.8 Å². The van der Waals surface area contributed by atoms with E-state index in [9.17, 15) is 0 Å². The van der Waals surface area contributed by atoms with E-state index in [1.54, 1.807) is 6.26 Å². The lowest BCUT2D eigenvalue weighted by atomic mass is 9.84. The molecule has 2 saturated heterocycles. The number of likely N-dealkylation sites (N-methyl/N-ethyl adjacent to an activating group) is 1. The zero-order valence-electron chi connectivity index (χ0n) is 14.3. The van der Waals surface area contributed by atoms with Crippen LogP contribution in [0.2, 0.25) is 0 Å². The van der Waals surface area contributed by atoms with Crippen LogP contribution >= 0.6 is 11.3 Å². The maximum absolute atomic E-state index is 6.18. The standard InChI is InChI=1S/C19H26N2O2S/c1-20(10-16-4-2-8-22-16)13-19-18-12-21(7-6-15(18)14-23-19)11-17-5-3-9-24-17/h2-5,8-9,15,18-19H,6-7,10-14H2,1H3/t15-,18-,19+/m0/s1. The molecule has 0 bridgehead atoms. The Kier molecular flexibility index (Phi) is 5.03. The van der Waals surface area contributed by atoms with Crippen LogP contribution in [0.3, 0.4) is 0 Å². The molecule has 5 heteroatoms. The van der Waals surface area contributed by atoms with Gasteiger partial charge >= 0.3 is 0 Å². The number of piperidine rings is 1. The number of rotatable bonds is 6. The first-order valence-corrected chi connectivity index (χ1v) is 9.73. The van der Waals surface area contributed by atoms with Gasteiger partial charge in [0.25, 0.3) is 0 Å². The molecule has 4 rings (SSSR count). The van der Waals surface area contributed by atoms with Crippen LogP contribution < -0.4 is 0 Å². The Labute approximate surface area is 148 Å². The van der Waals surface area contributed by atoms with Gasteiger partial charge in [-0.1, -0.05) is 6.07 Å². The molecule has 2 aliphatic rings. The lowest BCUT2D eigenvalue weighted by Gasteiger charge is -2.36. The van der Waals surface area contributed by atoms with Crippen molar-refractivity contribution >= 4 is 11.3 Å². The average molecular weight is 346 g/mol. The minimum absolute atomic E-state index is 0.348. The molecule has 0 radical (unpaired) electrons. The topological polar surface area (TPSA) is 28.9 Å². The maximum atomic E-state index is 6.18. The fourth-order valence-electron chi connectivity index (χ4n) is 4.09. The molecule has 2 fully saturated rings. The molecule has 0 saturated carbocycles. The molecule has 2 aromatic rings. The molecule has 24 heavy (non-hydrogen) atoms. The number of thiophene rings is 1. The van der Waals surface area contributed by atoms with Gasteiger partial charge in [0, 0.05) is 30.4 Å². The summed E-state index contributed by atoms with van der Waals surface area (Å²) in [4.78, 5) is 6.41. The molecule has 0 N–H and O–H groups in total. The number of hydrogen-bond donors (Lipinski definition) is 0. The van der Waals surface area contributed by atoms with Gasteiger partial charge < -0.3 is 9.15 Å². The lowest BCUT2D eigenvalue weighted by molar-refractivity contribution is 0.0461. The quantitative estimate of drug-likeness (QED) is 0.802. The number of fused-ring (bicyclic) bond motifs is 1. The van der Waals surface area contributed by atoms with E-state index in [-0.39, 0.29) is 0 Å². The predicted molar refractivity (Wildman–Crippen MR) is 96.0 cm³/mol. The normalized spacial score (nSPS) is 27.7. The summed E-state index contributed by atoms with van der Waals surface area (Å²) in [5, 5.41) is 2.17. The zero-order chi connectivity index (χ0) is 16.4. The summed E-state index contributed by atoms with van der Waals surface area (Å²) in [5.41, 5.74) is 0. The van der Waals surface area contributed by atoms with E-state index in [1.165, 1.54) is 24.4 Å². The highest BCUT2D eigenvalue weighted by Crippen LogP contribution is 2.35. The number of furan rings is 1. The van der Waals surface area contributed by atoms with Gasteiger partial charge in [-0.2, -0.15) is 0 Å². The summed E-state index contributed by atoms with van der Waals surface area (Å²) in [5.74, 6) is 2.43. The summed E-state index contributed by atoms with van der Waals surface area (Å²) in [6.07, 6.45) is 3.37. The Hall–Kier alpha value is -1.14. The number of hydrogen-bond acceptors (Lipinski definition) is 5. The molecule has 4 heterocycles. The maximum Gasteiger partial charge on any atom is 0.117 e. The van der Waals surface area contributed by atoms with Crippen molar-refractivity contribution in [2.24, 2.45) is 11.8 Å². The summed E-state index contributed by atoms with van der Waals surface area (Å²) >= 11 is 1.86. The third-order valence-electron chi connectivity index (χ3n) is 5.35. The Balaban J connectivity index is 1.33. The minimum Gasteiger partial charge on any atom is -0.468 e. The van der Waals surface area contributed by atoms with Gasteiger partial charge in [0.1, 0.15) is 5.76 Å². The summed E-state index contributed by atoms with van der Waals surface area (Å²) in [6, 6.07) is 8.39. The van der Waals surface area contributed by atoms with Crippen molar-refractivity contribution in [3.8, 4) is 0 Å². The molecule has 0 spiro atoms. The van der Waals surface area contributed by atoms with Crippen LogP contribution in [0.4, 0.5) is 0 Å². The van der Waals surface area contributed by atoms with Crippen molar-refractivity contribution in [2.45, 2.75) is 25.6 Å². The van der Waals surface area contributed by atoms with E-state index in [2.05, 4.69) is 34.4 Å². The molecule has 0 amide bonds. The summed E-state index contributed by atoms with van der Waals surface area (Å²) < 4.78 is 11.6. The smallest absolute Gasteiger partial charge is 0.117 e. The van der Waals surface area contributed by atoms with Crippen LogP contribution in [-0.4, -0.2) is 49.2 Å². The largest absolute Gasteiger partial charge is 0.468 e. The molecule has 0 aromatic carbocycles. The fourth-order valence-corrected chi connectivity index (χ4v) is 4.84. The fraction of sp³-hybridized carbons (Fsp3) is 0.579. The van der Waals surface area contributed by atoms with Crippen molar-refractivity contribution in [3.63, 3.8) is 0 Å². The van der Waals surface area contributed by atoms with Crippen molar-refractivity contribution in [3.05, 3.63) is 46.5 Å². The molecule has 130 valence electrons. The monoisotopic (exact) mass is 346 g/mol. The van der Waals surface area contributed by atoms with E-state index < -0.39 is 0 Å². The Bertz CT molecular complexity index is 613. The second-order valence-corrected chi connectivity index (χ2v) is 8.21. The average Bonchev–Trinajstić information content (AvgIpc) is 3.31. The SMILES string of the molecule is CN(Cc1ccco1)C[C@H]1OC[C@@H]2CCN(Cc3cccs3)C[C@@H]21. The van der Waals surface area contributed by atoms with Crippen LogP contribution in [0.1, 0.15) is 17.1 Å². The van der Waals surface area contributed by atoms with Crippen LogP contribution in [-0.2, 0) is 17.8 Å². The van der Waals surface area contributed by atoms with Crippen molar-refractivity contribution in [1.29, 1.82) is 0 Å². The third-order valence-corrected chi connectivity index (χ3v) is 6.21. The van der Waals surface area contributed by atoms with Crippen molar-refractivity contribution in [1.82, 2.24) is 9.80 Å².